The van der Waals surface area contributed by atoms with Gasteiger partial charge < -0.3 is 10.1 Å². The third-order valence-corrected chi connectivity index (χ3v) is 4.98. The van der Waals surface area contributed by atoms with Crippen LogP contribution in [-0.4, -0.2) is 4.92 Å². The molecule has 0 aliphatic carbocycles. The summed E-state index contributed by atoms with van der Waals surface area (Å²) < 4.78 is 5.95. The number of nitro benzene ring substituents is 1. The Hall–Kier alpha value is -2.76. The van der Waals surface area contributed by atoms with Crippen molar-refractivity contribution in [1.82, 2.24) is 0 Å². The van der Waals surface area contributed by atoms with E-state index >= 15 is 0 Å². The van der Waals surface area contributed by atoms with E-state index in [1.165, 1.54) is 12.1 Å². The summed E-state index contributed by atoms with van der Waals surface area (Å²) in [5.41, 5.74) is 4.99. The predicted molar refractivity (Wildman–Crippen MR) is 117 cm³/mol. The van der Waals surface area contributed by atoms with Gasteiger partial charge in [-0.1, -0.05) is 35.3 Å². The van der Waals surface area contributed by atoms with E-state index in [9.17, 15) is 10.1 Å². The number of aryl methyl sites for hydroxylation is 2. The minimum Gasteiger partial charge on any atom is -0.487 e. The van der Waals surface area contributed by atoms with Crippen LogP contribution in [0.1, 0.15) is 22.3 Å². The third-order valence-electron chi connectivity index (χ3n) is 4.48. The molecule has 0 amide bonds. The molecular formula is C22H20Cl2N2O3. The lowest BCUT2D eigenvalue weighted by molar-refractivity contribution is -0.384. The van der Waals surface area contributed by atoms with Crippen LogP contribution in [0.5, 0.6) is 5.75 Å². The van der Waals surface area contributed by atoms with E-state index < -0.39 is 4.92 Å². The van der Waals surface area contributed by atoms with Gasteiger partial charge in [-0.25, -0.2) is 0 Å². The molecule has 0 atom stereocenters. The molecule has 0 bridgehead atoms. The summed E-state index contributed by atoms with van der Waals surface area (Å²) in [6, 6.07) is 15.9. The van der Waals surface area contributed by atoms with Gasteiger partial charge in [-0.15, -0.1) is 0 Å². The highest BCUT2D eigenvalue weighted by molar-refractivity contribution is 6.35. The molecule has 1 N–H and O–H groups in total. The zero-order valence-corrected chi connectivity index (χ0v) is 17.6. The van der Waals surface area contributed by atoms with Crippen molar-refractivity contribution in [2.75, 3.05) is 5.32 Å². The summed E-state index contributed by atoms with van der Waals surface area (Å²) in [5.74, 6) is 0.534. The van der Waals surface area contributed by atoms with Crippen molar-refractivity contribution in [1.29, 1.82) is 0 Å². The van der Waals surface area contributed by atoms with Crippen LogP contribution in [0.25, 0.3) is 0 Å². The summed E-state index contributed by atoms with van der Waals surface area (Å²) in [4.78, 5) is 10.4. The molecule has 0 heterocycles. The van der Waals surface area contributed by atoms with Crippen LogP contribution in [0.3, 0.4) is 0 Å². The molecule has 0 radical (unpaired) electrons. The van der Waals surface area contributed by atoms with Crippen LogP contribution in [0.4, 0.5) is 11.4 Å². The Bertz CT molecular complexity index is 1040. The van der Waals surface area contributed by atoms with Crippen LogP contribution < -0.4 is 10.1 Å². The molecule has 0 spiro atoms. The fourth-order valence-electron chi connectivity index (χ4n) is 2.89. The van der Waals surface area contributed by atoms with Crippen molar-refractivity contribution in [3.05, 3.63) is 97.0 Å². The fraction of sp³-hybridized carbons (Fsp3) is 0.182. The average molecular weight is 431 g/mol. The normalized spacial score (nSPS) is 10.6. The Kier molecular flexibility index (Phi) is 6.62. The molecule has 7 heteroatoms. The zero-order chi connectivity index (χ0) is 21.0. The predicted octanol–water partition coefficient (Wildman–Crippen LogP) is 6.71. The summed E-state index contributed by atoms with van der Waals surface area (Å²) in [5, 5.41) is 15.1. The van der Waals surface area contributed by atoms with Crippen molar-refractivity contribution < 1.29 is 9.66 Å². The van der Waals surface area contributed by atoms with Gasteiger partial charge in [-0.3, -0.25) is 10.1 Å². The lowest BCUT2D eigenvalue weighted by atomic mass is 10.1. The molecule has 0 saturated carbocycles. The lowest BCUT2D eigenvalue weighted by Crippen LogP contribution is -2.05. The zero-order valence-electron chi connectivity index (χ0n) is 16.0. The number of nitrogens with one attached hydrogen (secondary N) is 1. The molecule has 150 valence electrons. The molecule has 0 aromatic heterocycles. The highest BCUT2D eigenvalue weighted by Gasteiger charge is 2.12. The highest BCUT2D eigenvalue weighted by atomic mass is 35.5. The molecule has 3 rings (SSSR count). The van der Waals surface area contributed by atoms with Crippen molar-refractivity contribution in [2.24, 2.45) is 0 Å². The number of hydrogen-bond donors (Lipinski definition) is 1. The van der Waals surface area contributed by atoms with E-state index in [0.29, 0.717) is 22.3 Å². The van der Waals surface area contributed by atoms with E-state index in [-0.39, 0.29) is 12.3 Å². The number of halogens is 2. The Morgan fingerprint density at radius 2 is 1.76 bits per heavy atom. The molecule has 29 heavy (non-hydrogen) atoms. The first-order valence-corrected chi connectivity index (χ1v) is 9.74. The number of hydrogen-bond acceptors (Lipinski definition) is 4. The molecule has 5 nitrogen and oxygen atoms in total. The molecule has 0 fully saturated rings. The number of rotatable bonds is 7. The second-order valence-electron chi connectivity index (χ2n) is 6.76. The summed E-state index contributed by atoms with van der Waals surface area (Å²) in [7, 11) is 0. The van der Waals surface area contributed by atoms with Crippen LogP contribution in [0.2, 0.25) is 10.0 Å². The van der Waals surface area contributed by atoms with Crippen molar-refractivity contribution in [3.63, 3.8) is 0 Å². The van der Waals surface area contributed by atoms with E-state index in [1.807, 2.05) is 19.9 Å². The molecule has 0 unspecified atom stereocenters. The van der Waals surface area contributed by atoms with Gasteiger partial charge in [-0.05, 0) is 60.9 Å². The standard InChI is InChI=1S/C22H20Cl2N2O3/c1-14-3-4-15(2)21(9-14)25-12-17-10-18(23)11-20(24)22(17)29-13-16-5-7-19(8-6-16)26(27)28/h3-11,25H,12-13H2,1-2H3. The van der Waals surface area contributed by atoms with Gasteiger partial charge in [-0.2, -0.15) is 0 Å². The first kappa shape index (κ1) is 21.0. The van der Waals surface area contributed by atoms with Crippen LogP contribution in [-0.2, 0) is 13.2 Å². The second kappa shape index (κ2) is 9.16. The Morgan fingerprint density at radius 1 is 1.03 bits per heavy atom. The first-order chi connectivity index (χ1) is 13.8. The van der Waals surface area contributed by atoms with Gasteiger partial charge >= 0.3 is 0 Å². The number of anilines is 1. The Balaban J connectivity index is 1.77. The SMILES string of the molecule is Cc1ccc(C)c(NCc2cc(Cl)cc(Cl)c2OCc2ccc([N+](=O)[O-])cc2)c1. The van der Waals surface area contributed by atoms with Crippen molar-refractivity contribution >= 4 is 34.6 Å². The summed E-state index contributed by atoms with van der Waals surface area (Å²) in [6.07, 6.45) is 0. The van der Waals surface area contributed by atoms with Gasteiger partial charge in [0.15, 0.2) is 0 Å². The largest absolute Gasteiger partial charge is 0.487 e. The third kappa shape index (κ3) is 5.40. The molecule has 0 aliphatic rings. The second-order valence-corrected chi connectivity index (χ2v) is 7.60. The Morgan fingerprint density at radius 3 is 2.45 bits per heavy atom. The number of ether oxygens (including phenoxy) is 1. The maximum atomic E-state index is 10.8. The van der Waals surface area contributed by atoms with Gasteiger partial charge in [0, 0.05) is 35.0 Å². The Labute approximate surface area is 179 Å². The quantitative estimate of drug-likeness (QED) is 0.334. The monoisotopic (exact) mass is 430 g/mol. The van der Waals surface area contributed by atoms with Gasteiger partial charge in [0.1, 0.15) is 12.4 Å². The number of non-ortho nitro benzene ring substituents is 1. The molecule has 0 saturated heterocycles. The smallest absolute Gasteiger partial charge is 0.269 e. The first-order valence-electron chi connectivity index (χ1n) is 8.98. The highest BCUT2D eigenvalue weighted by Crippen LogP contribution is 2.34. The summed E-state index contributed by atoms with van der Waals surface area (Å²) >= 11 is 12.6. The van der Waals surface area contributed by atoms with E-state index in [1.54, 1.807) is 18.2 Å². The van der Waals surface area contributed by atoms with E-state index in [4.69, 9.17) is 27.9 Å². The van der Waals surface area contributed by atoms with Crippen LogP contribution in [0, 0.1) is 24.0 Å². The lowest BCUT2D eigenvalue weighted by Gasteiger charge is -2.16. The van der Waals surface area contributed by atoms with Crippen molar-refractivity contribution in [3.8, 4) is 5.75 Å². The number of nitro groups is 1. The van der Waals surface area contributed by atoms with E-state index in [0.717, 1.165) is 27.9 Å². The van der Waals surface area contributed by atoms with Gasteiger partial charge in [0.2, 0.25) is 0 Å². The van der Waals surface area contributed by atoms with Crippen LogP contribution >= 0.6 is 23.2 Å². The topological polar surface area (TPSA) is 64.4 Å². The summed E-state index contributed by atoms with van der Waals surface area (Å²) in [6.45, 7) is 4.80. The van der Waals surface area contributed by atoms with Gasteiger partial charge in [0.05, 0.1) is 9.95 Å². The minimum absolute atomic E-state index is 0.0386. The minimum atomic E-state index is -0.433. The molecule has 0 aliphatic heterocycles. The maximum absolute atomic E-state index is 10.8. The maximum Gasteiger partial charge on any atom is 0.269 e. The molecule has 3 aromatic carbocycles. The van der Waals surface area contributed by atoms with E-state index in [2.05, 4.69) is 23.5 Å². The average Bonchev–Trinajstić information content (AvgIpc) is 2.68. The number of benzene rings is 3. The van der Waals surface area contributed by atoms with Crippen LogP contribution in [0.15, 0.2) is 54.6 Å². The molecular weight excluding hydrogens is 411 g/mol. The van der Waals surface area contributed by atoms with Crippen molar-refractivity contribution in [2.45, 2.75) is 27.0 Å². The van der Waals surface area contributed by atoms with Gasteiger partial charge in [0.25, 0.3) is 5.69 Å². The fourth-order valence-corrected chi connectivity index (χ4v) is 3.48. The number of nitrogens with zero attached hydrogens (tertiary/aromatic N) is 1. The molecule has 3 aromatic rings.